The Balaban J connectivity index is 1.94. The van der Waals surface area contributed by atoms with Crippen molar-refractivity contribution in [2.75, 3.05) is 5.32 Å². The molecule has 1 amide bonds. The van der Waals surface area contributed by atoms with Crippen LogP contribution in [0.15, 0.2) is 18.2 Å². The van der Waals surface area contributed by atoms with Gasteiger partial charge in [-0.05, 0) is 66.5 Å². The molecule has 4 nitrogen and oxygen atoms in total. The molecule has 0 heterocycles. The van der Waals surface area contributed by atoms with Crippen molar-refractivity contribution in [3.8, 4) is 0 Å². The molecule has 0 spiro atoms. The molecule has 1 fully saturated rings. The number of carbonyl (C=O) groups is 2. The summed E-state index contributed by atoms with van der Waals surface area (Å²) in [7, 11) is 0. The van der Waals surface area contributed by atoms with Crippen LogP contribution in [0.4, 0.5) is 5.69 Å². The Morgan fingerprint density at radius 1 is 1.20 bits per heavy atom. The zero-order chi connectivity index (χ0) is 14.7. The van der Waals surface area contributed by atoms with Crippen molar-refractivity contribution in [3.05, 3.63) is 26.8 Å². The van der Waals surface area contributed by atoms with Crippen LogP contribution in [0.2, 0.25) is 5.02 Å². The molecule has 2 N–H and O–H groups in total. The largest absolute Gasteiger partial charge is 0.481 e. The third-order valence-electron chi connectivity index (χ3n) is 3.64. The summed E-state index contributed by atoms with van der Waals surface area (Å²) in [5.41, 5.74) is 0.609. The fourth-order valence-electron chi connectivity index (χ4n) is 2.43. The zero-order valence-corrected chi connectivity index (χ0v) is 13.6. The van der Waals surface area contributed by atoms with Crippen LogP contribution in [0.3, 0.4) is 0 Å². The van der Waals surface area contributed by atoms with E-state index in [-0.39, 0.29) is 17.7 Å². The summed E-state index contributed by atoms with van der Waals surface area (Å²) >= 11 is 8.23. The van der Waals surface area contributed by atoms with Gasteiger partial charge < -0.3 is 10.4 Å². The molecule has 0 unspecified atom stereocenters. The SMILES string of the molecule is O=C(O)C1CCC(C(=O)Nc2ccc(I)cc2Cl)CC1. The van der Waals surface area contributed by atoms with Gasteiger partial charge in [0.2, 0.25) is 5.91 Å². The highest BCUT2D eigenvalue weighted by atomic mass is 127. The van der Waals surface area contributed by atoms with Gasteiger partial charge in [-0.2, -0.15) is 0 Å². The van der Waals surface area contributed by atoms with Gasteiger partial charge in [0.25, 0.3) is 0 Å². The third-order valence-corrected chi connectivity index (χ3v) is 4.62. The number of benzene rings is 1. The summed E-state index contributed by atoms with van der Waals surface area (Å²) in [6.07, 6.45) is 2.36. The topological polar surface area (TPSA) is 66.4 Å². The normalized spacial score (nSPS) is 22.3. The van der Waals surface area contributed by atoms with Crippen LogP contribution in [0, 0.1) is 15.4 Å². The predicted octanol–water partition coefficient (Wildman–Crippen LogP) is 3.77. The van der Waals surface area contributed by atoms with Crippen molar-refractivity contribution in [3.63, 3.8) is 0 Å². The number of carboxylic acid groups (broad SMARTS) is 1. The van der Waals surface area contributed by atoms with E-state index in [0.717, 1.165) is 3.57 Å². The van der Waals surface area contributed by atoms with E-state index < -0.39 is 5.97 Å². The maximum absolute atomic E-state index is 12.2. The first kappa shape index (κ1) is 15.6. The van der Waals surface area contributed by atoms with Crippen molar-refractivity contribution < 1.29 is 14.7 Å². The van der Waals surface area contributed by atoms with E-state index in [1.807, 2.05) is 6.07 Å². The Morgan fingerprint density at radius 3 is 2.35 bits per heavy atom. The van der Waals surface area contributed by atoms with Gasteiger partial charge in [0, 0.05) is 9.49 Å². The van der Waals surface area contributed by atoms with Crippen LogP contribution in [0.25, 0.3) is 0 Å². The van der Waals surface area contributed by atoms with E-state index in [4.69, 9.17) is 16.7 Å². The lowest BCUT2D eigenvalue weighted by Gasteiger charge is -2.25. The van der Waals surface area contributed by atoms with Gasteiger partial charge in [0.1, 0.15) is 0 Å². The molecule has 1 saturated carbocycles. The second-order valence-corrected chi connectivity index (χ2v) is 6.65. The molecular formula is C14H15ClINO3. The van der Waals surface area contributed by atoms with E-state index in [9.17, 15) is 9.59 Å². The molecule has 0 saturated heterocycles. The first-order valence-corrected chi connectivity index (χ1v) is 7.91. The average molecular weight is 408 g/mol. The average Bonchev–Trinajstić information content (AvgIpc) is 2.42. The van der Waals surface area contributed by atoms with Crippen molar-refractivity contribution in [1.82, 2.24) is 0 Å². The van der Waals surface area contributed by atoms with Crippen LogP contribution in [-0.2, 0) is 9.59 Å². The molecule has 1 aromatic rings. The highest BCUT2D eigenvalue weighted by Gasteiger charge is 2.29. The van der Waals surface area contributed by atoms with E-state index in [1.165, 1.54) is 0 Å². The second kappa shape index (κ2) is 6.76. The number of amides is 1. The number of carboxylic acids is 1. The van der Waals surface area contributed by atoms with Crippen molar-refractivity contribution in [2.24, 2.45) is 11.8 Å². The fraction of sp³-hybridized carbons (Fsp3) is 0.429. The Hall–Kier alpha value is -0.820. The van der Waals surface area contributed by atoms with Crippen LogP contribution in [0.1, 0.15) is 25.7 Å². The first-order chi connectivity index (χ1) is 9.47. The second-order valence-electron chi connectivity index (χ2n) is 5.00. The molecule has 2 rings (SSSR count). The van der Waals surface area contributed by atoms with Gasteiger partial charge in [0.05, 0.1) is 16.6 Å². The number of rotatable bonds is 3. The lowest BCUT2D eigenvalue weighted by atomic mass is 9.81. The molecule has 1 aliphatic rings. The summed E-state index contributed by atoms with van der Waals surface area (Å²) in [5, 5.41) is 12.3. The first-order valence-electron chi connectivity index (χ1n) is 6.46. The van der Waals surface area contributed by atoms with Crippen LogP contribution in [0.5, 0.6) is 0 Å². The minimum absolute atomic E-state index is 0.0723. The Bertz CT molecular complexity index is 527. The zero-order valence-electron chi connectivity index (χ0n) is 10.7. The molecule has 20 heavy (non-hydrogen) atoms. The minimum atomic E-state index is -0.760. The van der Waals surface area contributed by atoms with Crippen molar-refractivity contribution in [1.29, 1.82) is 0 Å². The van der Waals surface area contributed by atoms with Gasteiger partial charge in [-0.25, -0.2) is 0 Å². The van der Waals surface area contributed by atoms with E-state index in [2.05, 4.69) is 27.9 Å². The molecule has 0 aromatic heterocycles. The van der Waals surface area contributed by atoms with Crippen LogP contribution >= 0.6 is 34.2 Å². The minimum Gasteiger partial charge on any atom is -0.481 e. The molecule has 108 valence electrons. The van der Waals surface area contributed by atoms with Gasteiger partial charge in [-0.15, -0.1) is 0 Å². The predicted molar refractivity (Wildman–Crippen MR) is 85.9 cm³/mol. The molecule has 0 radical (unpaired) electrons. The van der Waals surface area contributed by atoms with E-state index in [0.29, 0.717) is 36.4 Å². The van der Waals surface area contributed by atoms with Crippen molar-refractivity contribution in [2.45, 2.75) is 25.7 Å². The van der Waals surface area contributed by atoms with Gasteiger partial charge in [-0.1, -0.05) is 11.6 Å². The lowest BCUT2D eigenvalue weighted by molar-refractivity contribution is -0.143. The quantitative estimate of drug-likeness (QED) is 0.750. The maximum Gasteiger partial charge on any atom is 0.306 e. The molecule has 1 aliphatic carbocycles. The Labute approximate surface area is 136 Å². The summed E-state index contributed by atoms with van der Waals surface area (Å²) in [6.45, 7) is 0. The number of hydrogen-bond donors (Lipinski definition) is 2. The highest BCUT2D eigenvalue weighted by molar-refractivity contribution is 14.1. The Kier molecular flexibility index (Phi) is 5.26. The summed E-state index contributed by atoms with van der Waals surface area (Å²) in [6, 6.07) is 5.45. The third kappa shape index (κ3) is 3.85. The number of hydrogen-bond acceptors (Lipinski definition) is 2. The van der Waals surface area contributed by atoms with Crippen molar-refractivity contribution >= 4 is 51.8 Å². The lowest BCUT2D eigenvalue weighted by Crippen LogP contribution is -2.29. The summed E-state index contributed by atoms with van der Waals surface area (Å²) in [4.78, 5) is 23.0. The standard InChI is InChI=1S/C14H15ClINO3/c15-11-7-10(16)5-6-12(11)17-13(18)8-1-3-9(4-2-8)14(19)20/h5-9H,1-4H2,(H,17,18)(H,19,20). The van der Waals surface area contributed by atoms with Crippen LogP contribution < -0.4 is 5.32 Å². The number of anilines is 1. The maximum atomic E-state index is 12.2. The number of halogens is 2. The van der Waals surface area contributed by atoms with E-state index >= 15 is 0 Å². The molecule has 6 heteroatoms. The monoisotopic (exact) mass is 407 g/mol. The molecular weight excluding hydrogens is 393 g/mol. The molecule has 0 atom stereocenters. The van der Waals surface area contributed by atoms with Gasteiger partial charge in [-0.3, -0.25) is 9.59 Å². The number of aliphatic carboxylic acids is 1. The van der Waals surface area contributed by atoms with Gasteiger partial charge >= 0.3 is 5.97 Å². The summed E-state index contributed by atoms with van der Waals surface area (Å²) < 4.78 is 1.01. The van der Waals surface area contributed by atoms with Gasteiger partial charge in [0.15, 0.2) is 0 Å². The molecule has 0 bridgehead atoms. The summed E-state index contributed by atoms with van der Waals surface area (Å²) in [5.74, 6) is -1.26. The highest BCUT2D eigenvalue weighted by Crippen LogP contribution is 2.31. The van der Waals surface area contributed by atoms with Crippen LogP contribution in [-0.4, -0.2) is 17.0 Å². The molecule has 0 aliphatic heterocycles. The Morgan fingerprint density at radius 2 is 1.80 bits per heavy atom. The fourth-order valence-corrected chi connectivity index (χ4v) is 3.33. The van der Waals surface area contributed by atoms with E-state index in [1.54, 1.807) is 12.1 Å². The smallest absolute Gasteiger partial charge is 0.306 e. The number of carbonyl (C=O) groups excluding carboxylic acids is 1. The number of nitrogens with one attached hydrogen (secondary N) is 1. The molecule has 1 aromatic carbocycles.